The Bertz CT molecular complexity index is 504. The topological polar surface area (TPSA) is 62.7 Å². The maximum Gasteiger partial charge on any atom is 0.281 e. The first-order chi connectivity index (χ1) is 9.00. The molecule has 1 aliphatic rings. The Kier molecular flexibility index (Phi) is 4.38. The molecule has 106 valence electrons. The molecule has 0 amide bonds. The number of nitrogens with zero attached hydrogens (tertiary/aromatic N) is 3. The van der Waals surface area contributed by atoms with E-state index in [-0.39, 0.29) is 6.10 Å². The molecule has 0 spiro atoms. The van der Waals surface area contributed by atoms with Gasteiger partial charge < -0.3 is 4.74 Å². The molecule has 1 atom stereocenters. The second kappa shape index (κ2) is 5.85. The van der Waals surface area contributed by atoms with Gasteiger partial charge in [-0.15, -0.1) is 0 Å². The van der Waals surface area contributed by atoms with Gasteiger partial charge in [-0.1, -0.05) is 0 Å². The summed E-state index contributed by atoms with van der Waals surface area (Å²) in [4.78, 5) is 3.92. The summed E-state index contributed by atoms with van der Waals surface area (Å²) >= 11 is 0. The van der Waals surface area contributed by atoms with Crippen LogP contribution in [0.4, 0.5) is 0 Å². The first kappa shape index (κ1) is 14.2. The van der Waals surface area contributed by atoms with Gasteiger partial charge in [-0.05, 0) is 25.0 Å². The molecule has 1 unspecified atom stereocenters. The van der Waals surface area contributed by atoms with Crippen molar-refractivity contribution in [2.75, 3.05) is 27.2 Å². The van der Waals surface area contributed by atoms with E-state index in [9.17, 15) is 8.42 Å². The number of pyridine rings is 1. The van der Waals surface area contributed by atoms with Crippen LogP contribution in [0.1, 0.15) is 12.8 Å². The summed E-state index contributed by atoms with van der Waals surface area (Å²) in [5, 5.41) is 0. The molecule has 1 saturated heterocycles. The van der Waals surface area contributed by atoms with E-state index in [1.807, 2.05) is 0 Å². The molecule has 1 aliphatic heterocycles. The molecule has 19 heavy (non-hydrogen) atoms. The van der Waals surface area contributed by atoms with E-state index in [0.29, 0.717) is 13.1 Å². The summed E-state index contributed by atoms with van der Waals surface area (Å²) in [6.07, 6.45) is 4.88. The van der Waals surface area contributed by atoms with Crippen molar-refractivity contribution < 1.29 is 13.2 Å². The Morgan fingerprint density at radius 2 is 2.05 bits per heavy atom. The Morgan fingerprint density at radius 1 is 1.37 bits per heavy atom. The Hall–Kier alpha value is -1.18. The first-order valence-corrected chi connectivity index (χ1v) is 7.64. The fourth-order valence-corrected chi connectivity index (χ4v) is 3.23. The number of hydrogen-bond acceptors (Lipinski definition) is 4. The average Bonchev–Trinajstić information content (AvgIpc) is 2.40. The molecule has 0 radical (unpaired) electrons. The fourth-order valence-electron chi connectivity index (χ4n) is 2.05. The Morgan fingerprint density at radius 3 is 2.68 bits per heavy atom. The number of ether oxygens (including phenoxy) is 1. The van der Waals surface area contributed by atoms with Gasteiger partial charge >= 0.3 is 0 Å². The molecule has 0 saturated carbocycles. The third-order valence-electron chi connectivity index (χ3n) is 3.08. The van der Waals surface area contributed by atoms with Gasteiger partial charge in [0.15, 0.2) is 0 Å². The lowest BCUT2D eigenvalue weighted by molar-refractivity contribution is 0.127. The van der Waals surface area contributed by atoms with Gasteiger partial charge in [0.25, 0.3) is 10.2 Å². The molecule has 0 aliphatic carbocycles. The Labute approximate surface area is 114 Å². The fraction of sp³-hybridized carbons (Fsp3) is 0.583. The van der Waals surface area contributed by atoms with Crippen molar-refractivity contribution in [2.24, 2.45) is 0 Å². The van der Waals surface area contributed by atoms with Crippen LogP contribution in [-0.2, 0) is 10.2 Å². The standard InChI is InChI=1S/C12H19N3O3S/c1-14(2)19(16,17)15-9-3-4-12(10-15)18-11-5-7-13-8-6-11/h5-8,12H,3-4,9-10H2,1-2H3. The molecule has 0 aromatic carbocycles. The largest absolute Gasteiger partial charge is 0.489 e. The Balaban J connectivity index is 2.02. The minimum atomic E-state index is -3.35. The zero-order valence-electron chi connectivity index (χ0n) is 11.2. The molecule has 6 nitrogen and oxygen atoms in total. The van der Waals surface area contributed by atoms with E-state index >= 15 is 0 Å². The number of piperidine rings is 1. The normalized spacial score (nSPS) is 21.5. The van der Waals surface area contributed by atoms with Crippen molar-refractivity contribution in [1.82, 2.24) is 13.6 Å². The third kappa shape index (κ3) is 3.43. The van der Waals surface area contributed by atoms with Crippen molar-refractivity contribution in [3.8, 4) is 5.75 Å². The minimum Gasteiger partial charge on any atom is -0.489 e. The van der Waals surface area contributed by atoms with Crippen LogP contribution in [-0.4, -0.2) is 55.3 Å². The maximum atomic E-state index is 12.1. The van der Waals surface area contributed by atoms with Crippen molar-refractivity contribution in [2.45, 2.75) is 18.9 Å². The van der Waals surface area contributed by atoms with Crippen LogP contribution in [0.15, 0.2) is 24.5 Å². The molecule has 1 aromatic heterocycles. The van der Waals surface area contributed by atoms with Crippen LogP contribution in [0.2, 0.25) is 0 Å². The van der Waals surface area contributed by atoms with Crippen LogP contribution in [0, 0.1) is 0 Å². The summed E-state index contributed by atoms with van der Waals surface area (Å²) in [5.74, 6) is 0.726. The van der Waals surface area contributed by atoms with Gasteiger partial charge in [0.2, 0.25) is 0 Å². The molecular formula is C12H19N3O3S. The maximum absolute atomic E-state index is 12.1. The van der Waals surface area contributed by atoms with Crippen LogP contribution in [0.3, 0.4) is 0 Å². The molecule has 1 fully saturated rings. The van der Waals surface area contributed by atoms with Gasteiger partial charge in [-0.3, -0.25) is 4.98 Å². The molecule has 7 heteroatoms. The lowest BCUT2D eigenvalue weighted by atomic mass is 10.1. The highest BCUT2D eigenvalue weighted by molar-refractivity contribution is 7.86. The second-order valence-electron chi connectivity index (χ2n) is 4.71. The van der Waals surface area contributed by atoms with E-state index in [1.54, 1.807) is 38.6 Å². The molecule has 2 rings (SSSR count). The van der Waals surface area contributed by atoms with Crippen molar-refractivity contribution in [3.63, 3.8) is 0 Å². The lowest BCUT2D eigenvalue weighted by Crippen LogP contribution is -2.48. The van der Waals surface area contributed by atoms with Crippen molar-refractivity contribution >= 4 is 10.2 Å². The zero-order chi connectivity index (χ0) is 13.9. The summed E-state index contributed by atoms with van der Waals surface area (Å²) in [6.45, 7) is 0.944. The number of hydrogen-bond donors (Lipinski definition) is 0. The molecule has 1 aromatic rings. The third-order valence-corrected chi connectivity index (χ3v) is 4.99. The van der Waals surface area contributed by atoms with E-state index in [0.717, 1.165) is 18.6 Å². The van der Waals surface area contributed by atoms with Gasteiger partial charge in [0.1, 0.15) is 11.9 Å². The SMILES string of the molecule is CN(C)S(=O)(=O)N1CCCC(Oc2ccncc2)C1. The van der Waals surface area contributed by atoms with Crippen LogP contribution < -0.4 is 4.74 Å². The summed E-state index contributed by atoms with van der Waals surface area (Å²) in [5.41, 5.74) is 0. The smallest absolute Gasteiger partial charge is 0.281 e. The van der Waals surface area contributed by atoms with Crippen LogP contribution in [0.5, 0.6) is 5.75 Å². The molecule has 0 bridgehead atoms. The van der Waals surface area contributed by atoms with E-state index in [2.05, 4.69) is 4.98 Å². The minimum absolute atomic E-state index is 0.106. The molecule has 0 N–H and O–H groups in total. The van der Waals surface area contributed by atoms with Gasteiger partial charge in [-0.25, -0.2) is 0 Å². The predicted molar refractivity (Wildman–Crippen MR) is 72.1 cm³/mol. The molecular weight excluding hydrogens is 266 g/mol. The van der Waals surface area contributed by atoms with Gasteiger partial charge in [-0.2, -0.15) is 17.0 Å². The summed E-state index contributed by atoms with van der Waals surface area (Å²) < 4.78 is 32.6. The number of aromatic nitrogens is 1. The van der Waals surface area contributed by atoms with E-state index in [4.69, 9.17) is 4.74 Å². The lowest BCUT2D eigenvalue weighted by Gasteiger charge is -2.33. The second-order valence-corrected chi connectivity index (χ2v) is 6.86. The average molecular weight is 285 g/mol. The highest BCUT2D eigenvalue weighted by atomic mass is 32.2. The van der Waals surface area contributed by atoms with Crippen LogP contribution in [0.25, 0.3) is 0 Å². The zero-order valence-corrected chi connectivity index (χ0v) is 12.0. The van der Waals surface area contributed by atoms with Crippen LogP contribution >= 0.6 is 0 Å². The summed E-state index contributed by atoms with van der Waals surface area (Å²) in [7, 11) is -0.262. The van der Waals surface area contributed by atoms with Gasteiger partial charge in [0.05, 0.1) is 6.54 Å². The monoisotopic (exact) mass is 285 g/mol. The predicted octanol–water partition coefficient (Wildman–Crippen LogP) is 0.731. The van der Waals surface area contributed by atoms with Crippen molar-refractivity contribution in [3.05, 3.63) is 24.5 Å². The van der Waals surface area contributed by atoms with E-state index in [1.165, 1.54) is 8.61 Å². The highest BCUT2D eigenvalue weighted by Crippen LogP contribution is 2.20. The first-order valence-electron chi connectivity index (χ1n) is 6.24. The summed E-state index contributed by atoms with van der Waals surface area (Å²) in [6, 6.07) is 3.55. The molecule has 2 heterocycles. The highest BCUT2D eigenvalue weighted by Gasteiger charge is 2.31. The van der Waals surface area contributed by atoms with Gasteiger partial charge in [0, 0.05) is 33.0 Å². The quantitative estimate of drug-likeness (QED) is 0.818. The number of rotatable bonds is 4. The van der Waals surface area contributed by atoms with E-state index < -0.39 is 10.2 Å². The van der Waals surface area contributed by atoms with Crippen molar-refractivity contribution in [1.29, 1.82) is 0 Å².